The third-order valence-electron chi connectivity index (χ3n) is 2.37. The Kier molecular flexibility index (Phi) is 8.72. The molecule has 0 aromatic heterocycles. The first-order chi connectivity index (χ1) is 6.70. The number of hydrogen-bond donors (Lipinski definition) is 0. The average Bonchev–Trinajstić information content (AvgIpc) is 2.14. The second kappa shape index (κ2) is 9.05. The number of allylic oxidation sites excluding steroid dienone is 4. The lowest BCUT2D eigenvalue weighted by atomic mass is 10.0. The van der Waals surface area contributed by atoms with Gasteiger partial charge >= 0.3 is 0 Å². The lowest BCUT2D eigenvalue weighted by molar-refractivity contribution is 0.704. The largest absolute Gasteiger partial charge is 0.0853 e. The Bertz CT molecular complexity index is 180. The molecule has 0 aliphatic rings. The van der Waals surface area contributed by atoms with E-state index in [-0.39, 0.29) is 0 Å². The zero-order chi connectivity index (χ0) is 10.8. The predicted octanol–water partition coefficient (Wildman–Crippen LogP) is 5.26. The standard InChI is InChI=1S/C14H26/c1-5-7-8-10-14(9-6-2)12-11-13(3)4/h9,11H,5-8,10,12H2,1-4H3. The molecule has 0 fully saturated rings. The van der Waals surface area contributed by atoms with Crippen LogP contribution in [-0.4, -0.2) is 0 Å². The van der Waals surface area contributed by atoms with Crippen molar-refractivity contribution in [2.24, 2.45) is 0 Å². The molecule has 0 rings (SSSR count). The molecular formula is C14H26. The van der Waals surface area contributed by atoms with E-state index in [0.29, 0.717) is 0 Å². The van der Waals surface area contributed by atoms with Crippen molar-refractivity contribution in [1.82, 2.24) is 0 Å². The normalized spacial score (nSPS) is 11.6. The quantitative estimate of drug-likeness (QED) is 0.383. The van der Waals surface area contributed by atoms with Crippen molar-refractivity contribution in [2.75, 3.05) is 0 Å². The number of unbranched alkanes of at least 4 members (excludes halogenated alkanes) is 2. The maximum absolute atomic E-state index is 2.40. The molecule has 0 radical (unpaired) electrons. The Morgan fingerprint density at radius 1 is 1.00 bits per heavy atom. The van der Waals surface area contributed by atoms with Crippen LogP contribution in [0.2, 0.25) is 0 Å². The summed E-state index contributed by atoms with van der Waals surface area (Å²) in [5.74, 6) is 0. The molecule has 0 aliphatic heterocycles. The van der Waals surface area contributed by atoms with Crippen molar-refractivity contribution < 1.29 is 0 Å². The van der Waals surface area contributed by atoms with Gasteiger partial charge in [0.15, 0.2) is 0 Å². The maximum atomic E-state index is 2.40. The van der Waals surface area contributed by atoms with Gasteiger partial charge in [-0.1, -0.05) is 50.0 Å². The summed E-state index contributed by atoms with van der Waals surface area (Å²) in [7, 11) is 0. The zero-order valence-electron chi connectivity index (χ0n) is 10.4. The number of hydrogen-bond acceptors (Lipinski definition) is 0. The van der Waals surface area contributed by atoms with Gasteiger partial charge < -0.3 is 0 Å². The smallest absolute Gasteiger partial charge is 0.0136 e. The maximum Gasteiger partial charge on any atom is -0.0136 e. The number of rotatable bonds is 7. The minimum absolute atomic E-state index is 1.17. The van der Waals surface area contributed by atoms with Gasteiger partial charge in [-0.05, 0) is 39.5 Å². The van der Waals surface area contributed by atoms with E-state index in [4.69, 9.17) is 0 Å². The molecule has 0 unspecified atom stereocenters. The van der Waals surface area contributed by atoms with Crippen molar-refractivity contribution in [2.45, 2.75) is 66.2 Å². The summed E-state index contributed by atoms with van der Waals surface area (Å²) in [5, 5.41) is 0. The van der Waals surface area contributed by atoms with Crippen LogP contribution in [0.3, 0.4) is 0 Å². The fourth-order valence-electron chi connectivity index (χ4n) is 1.51. The Labute approximate surface area is 90.1 Å². The third-order valence-corrected chi connectivity index (χ3v) is 2.37. The fourth-order valence-corrected chi connectivity index (χ4v) is 1.51. The minimum Gasteiger partial charge on any atom is -0.0853 e. The Hall–Kier alpha value is -0.520. The van der Waals surface area contributed by atoms with Gasteiger partial charge in [-0.2, -0.15) is 0 Å². The van der Waals surface area contributed by atoms with Gasteiger partial charge in [0, 0.05) is 0 Å². The van der Waals surface area contributed by atoms with Gasteiger partial charge in [-0.15, -0.1) is 0 Å². The molecule has 0 aromatic rings. The van der Waals surface area contributed by atoms with Crippen LogP contribution in [0, 0.1) is 0 Å². The van der Waals surface area contributed by atoms with Crippen LogP contribution in [0.1, 0.15) is 66.2 Å². The molecule has 0 heteroatoms. The summed E-state index contributed by atoms with van der Waals surface area (Å²) in [5.41, 5.74) is 3.06. The van der Waals surface area contributed by atoms with Crippen LogP contribution in [0.5, 0.6) is 0 Å². The summed E-state index contributed by atoms with van der Waals surface area (Å²) in [4.78, 5) is 0. The molecule has 0 N–H and O–H groups in total. The van der Waals surface area contributed by atoms with Gasteiger partial charge in [0.25, 0.3) is 0 Å². The highest BCUT2D eigenvalue weighted by molar-refractivity contribution is 5.09. The van der Waals surface area contributed by atoms with Crippen LogP contribution in [0.15, 0.2) is 23.3 Å². The molecular weight excluding hydrogens is 168 g/mol. The second-order valence-electron chi connectivity index (χ2n) is 4.21. The highest BCUT2D eigenvalue weighted by Crippen LogP contribution is 2.15. The molecule has 0 nitrogen and oxygen atoms in total. The first kappa shape index (κ1) is 13.5. The first-order valence-electron chi connectivity index (χ1n) is 6.02. The lowest BCUT2D eigenvalue weighted by Gasteiger charge is -2.04. The topological polar surface area (TPSA) is 0 Å². The summed E-state index contributed by atoms with van der Waals surface area (Å²) in [6, 6.07) is 0. The molecule has 0 atom stereocenters. The van der Waals surface area contributed by atoms with Crippen LogP contribution in [-0.2, 0) is 0 Å². The highest BCUT2D eigenvalue weighted by atomic mass is 14.0. The van der Waals surface area contributed by atoms with Crippen LogP contribution in [0.4, 0.5) is 0 Å². The Morgan fingerprint density at radius 3 is 2.21 bits per heavy atom. The molecule has 0 heterocycles. The van der Waals surface area contributed by atoms with Gasteiger partial charge in [0.05, 0.1) is 0 Å². The zero-order valence-corrected chi connectivity index (χ0v) is 10.4. The predicted molar refractivity (Wildman–Crippen MR) is 66.6 cm³/mol. The van der Waals surface area contributed by atoms with E-state index in [2.05, 4.69) is 39.8 Å². The van der Waals surface area contributed by atoms with Gasteiger partial charge in [0.2, 0.25) is 0 Å². The third kappa shape index (κ3) is 8.10. The minimum atomic E-state index is 1.17. The Morgan fingerprint density at radius 2 is 1.71 bits per heavy atom. The van der Waals surface area contributed by atoms with E-state index in [0.717, 1.165) is 0 Å². The molecule has 0 saturated carbocycles. The SMILES string of the molecule is CCC=C(CC=C(C)C)CCCCC. The van der Waals surface area contributed by atoms with E-state index >= 15 is 0 Å². The summed E-state index contributed by atoms with van der Waals surface area (Å²) >= 11 is 0. The van der Waals surface area contributed by atoms with E-state index in [1.165, 1.54) is 44.1 Å². The average molecular weight is 194 g/mol. The lowest BCUT2D eigenvalue weighted by Crippen LogP contribution is -1.84. The molecule has 14 heavy (non-hydrogen) atoms. The first-order valence-corrected chi connectivity index (χ1v) is 6.02. The monoisotopic (exact) mass is 194 g/mol. The van der Waals surface area contributed by atoms with Crippen LogP contribution in [0.25, 0.3) is 0 Å². The molecule has 0 aliphatic carbocycles. The summed E-state index contributed by atoms with van der Waals surface area (Å²) in [6.07, 6.45) is 12.4. The van der Waals surface area contributed by atoms with Crippen molar-refractivity contribution in [3.8, 4) is 0 Å². The molecule has 0 aromatic carbocycles. The van der Waals surface area contributed by atoms with E-state index in [1.807, 2.05) is 0 Å². The molecule has 0 bridgehead atoms. The van der Waals surface area contributed by atoms with Crippen molar-refractivity contribution in [3.05, 3.63) is 23.3 Å². The van der Waals surface area contributed by atoms with E-state index < -0.39 is 0 Å². The van der Waals surface area contributed by atoms with E-state index in [9.17, 15) is 0 Å². The Balaban J connectivity index is 3.91. The fraction of sp³-hybridized carbons (Fsp3) is 0.714. The second-order valence-corrected chi connectivity index (χ2v) is 4.21. The van der Waals surface area contributed by atoms with Crippen molar-refractivity contribution in [1.29, 1.82) is 0 Å². The van der Waals surface area contributed by atoms with Gasteiger partial charge in [-0.3, -0.25) is 0 Å². The molecule has 0 saturated heterocycles. The molecule has 0 spiro atoms. The molecule has 0 amide bonds. The van der Waals surface area contributed by atoms with Gasteiger partial charge in [0.1, 0.15) is 0 Å². The summed E-state index contributed by atoms with van der Waals surface area (Å²) in [6.45, 7) is 8.84. The molecule has 82 valence electrons. The van der Waals surface area contributed by atoms with Crippen molar-refractivity contribution >= 4 is 0 Å². The summed E-state index contributed by atoms with van der Waals surface area (Å²) < 4.78 is 0. The van der Waals surface area contributed by atoms with Crippen LogP contribution < -0.4 is 0 Å². The van der Waals surface area contributed by atoms with Crippen LogP contribution >= 0.6 is 0 Å². The van der Waals surface area contributed by atoms with E-state index in [1.54, 1.807) is 5.57 Å². The highest BCUT2D eigenvalue weighted by Gasteiger charge is 1.95. The van der Waals surface area contributed by atoms with Gasteiger partial charge in [-0.25, -0.2) is 0 Å². The van der Waals surface area contributed by atoms with Crippen molar-refractivity contribution in [3.63, 3.8) is 0 Å².